The fourth-order valence-corrected chi connectivity index (χ4v) is 2.89. The van der Waals surface area contributed by atoms with Gasteiger partial charge in [-0.15, -0.1) is 0 Å². The highest BCUT2D eigenvalue weighted by molar-refractivity contribution is 5.72. The molecule has 0 saturated carbocycles. The number of aliphatic hydroxyl groups is 1. The van der Waals surface area contributed by atoms with Gasteiger partial charge in [-0.3, -0.25) is 15.0 Å². The van der Waals surface area contributed by atoms with E-state index >= 15 is 0 Å². The van der Waals surface area contributed by atoms with Crippen molar-refractivity contribution < 1.29 is 14.4 Å². The van der Waals surface area contributed by atoms with Gasteiger partial charge in [-0.05, 0) is 24.3 Å². The number of β-amino-alcohol motifs (C(OH)–C–C–N with tert-alkyl or cyclic N) is 1. The van der Waals surface area contributed by atoms with Gasteiger partial charge in [0.15, 0.2) is 0 Å². The molecular weight excluding hydrogens is 298 g/mol. The number of piperazine rings is 1. The maximum Gasteiger partial charge on any atom is 0.293 e. The number of rotatable bonds is 5. The summed E-state index contributed by atoms with van der Waals surface area (Å²) in [5.41, 5.74) is 1.42. The maximum atomic E-state index is 11.5. The molecule has 1 aromatic carbocycles. The zero-order valence-corrected chi connectivity index (χ0v) is 12.7. The number of hydrogen-bond donors (Lipinski definition) is 1. The number of anilines is 1. The molecule has 1 saturated heterocycles. The van der Waals surface area contributed by atoms with Crippen LogP contribution in [0.5, 0.6) is 0 Å². The molecule has 2 heterocycles. The SMILES string of the molecule is O=[N+]([O-])c1cc(-c2ccco2)ccc1N1CCN(CCO)CC1. The fourth-order valence-electron chi connectivity index (χ4n) is 2.89. The minimum absolute atomic E-state index is 0.0921. The first-order valence-corrected chi connectivity index (χ1v) is 7.59. The molecule has 0 atom stereocenters. The highest BCUT2D eigenvalue weighted by atomic mass is 16.6. The Morgan fingerprint density at radius 1 is 1.22 bits per heavy atom. The molecule has 7 nitrogen and oxygen atoms in total. The third-order valence-corrected chi connectivity index (χ3v) is 4.11. The Labute approximate surface area is 133 Å². The summed E-state index contributed by atoms with van der Waals surface area (Å²) in [4.78, 5) is 15.3. The molecule has 0 radical (unpaired) electrons. The predicted molar refractivity (Wildman–Crippen MR) is 86.5 cm³/mol. The molecule has 23 heavy (non-hydrogen) atoms. The van der Waals surface area contributed by atoms with Crippen LogP contribution in [0.4, 0.5) is 11.4 Å². The van der Waals surface area contributed by atoms with Gasteiger partial charge in [0.1, 0.15) is 11.4 Å². The quantitative estimate of drug-likeness (QED) is 0.670. The summed E-state index contributed by atoms with van der Waals surface area (Å²) < 4.78 is 5.31. The van der Waals surface area contributed by atoms with Crippen LogP contribution in [-0.2, 0) is 0 Å². The molecule has 1 aliphatic rings. The molecular formula is C16H19N3O4. The fraction of sp³-hybridized carbons (Fsp3) is 0.375. The third kappa shape index (κ3) is 3.35. The molecule has 0 amide bonds. The lowest BCUT2D eigenvalue weighted by Crippen LogP contribution is -2.47. The topological polar surface area (TPSA) is 83.0 Å². The molecule has 1 N–H and O–H groups in total. The molecule has 2 aromatic rings. The summed E-state index contributed by atoms with van der Waals surface area (Å²) in [6.45, 7) is 3.78. The zero-order valence-electron chi connectivity index (χ0n) is 12.7. The van der Waals surface area contributed by atoms with Crippen LogP contribution in [0.15, 0.2) is 41.0 Å². The average Bonchev–Trinajstić information content (AvgIpc) is 3.10. The summed E-state index contributed by atoms with van der Waals surface area (Å²) in [7, 11) is 0. The second-order valence-electron chi connectivity index (χ2n) is 5.49. The molecule has 7 heteroatoms. The number of nitro groups is 1. The van der Waals surface area contributed by atoms with Crippen LogP contribution in [0.2, 0.25) is 0 Å². The van der Waals surface area contributed by atoms with E-state index in [0.29, 0.717) is 36.6 Å². The van der Waals surface area contributed by atoms with Crippen LogP contribution in [0.1, 0.15) is 0 Å². The largest absolute Gasteiger partial charge is 0.464 e. The molecule has 1 aromatic heterocycles. The Morgan fingerprint density at radius 3 is 2.61 bits per heavy atom. The summed E-state index contributed by atoms with van der Waals surface area (Å²) in [5.74, 6) is 0.618. The van der Waals surface area contributed by atoms with E-state index in [9.17, 15) is 10.1 Å². The molecule has 0 bridgehead atoms. The van der Waals surface area contributed by atoms with Gasteiger partial charge in [0.25, 0.3) is 5.69 Å². The Morgan fingerprint density at radius 2 is 2.00 bits per heavy atom. The van der Waals surface area contributed by atoms with Gasteiger partial charge in [0.2, 0.25) is 0 Å². The molecule has 0 unspecified atom stereocenters. The number of benzene rings is 1. The van der Waals surface area contributed by atoms with Crippen LogP contribution in [0.25, 0.3) is 11.3 Å². The van der Waals surface area contributed by atoms with E-state index in [0.717, 1.165) is 13.1 Å². The lowest BCUT2D eigenvalue weighted by atomic mass is 10.1. The van der Waals surface area contributed by atoms with Crippen LogP contribution >= 0.6 is 0 Å². The van der Waals surface area contributed by atoms with E-state index in [-0.39, 0.29) is 17.2 Å². The summed E-state index contributed by atoms with van der Waals surface area (Å²) >= 11 is 0. The number of aliphatic hydroxyl groups excluding tert-OH is 1. The number of nitrogens with zero attached hydrogens (tertiary/aromatic N) is 3. The van der Waals surface area contributed by atoms with Crippen LogP contribution in [0, 0.1) is 10.1 Å². The van der Waals surface area contributed by atoms with Crippen molar-refractivity contribution in [3.8, 4) is 11.3 Å². The first-order valence-electron chi connectivity index (χ1n) is 7.59. The molecule has 1 fully saturated rings. The van der Waals surface area contributed by atoms with Crippen molar-refractivity contribution in [1.82, 2.24) is 4.90 Å². The van der Waals surface area contributed by atoms with Crippen molar-refractivity contribution in [2.45, 2.75) is 0 Å². The summed E-state index contributed by atoms with van der Waals surface area (Å²) in [6.07, 6.45) is 1.55. The Bertz CT molecular complexity index is 664. The Balaban J connectivity index is 1.83. The van der Waals surface area contributed by atoms with Crippen LogP contribution < -0.4 is 4.90 Å². The lowest BCUT2D eigenvalue weighted by molar-refractivity contribution is -0.384. The third-order valence-electron chi connectivity index (χ3n) is 4.11. The van der Waals surface area contributed by atoms with Gasteiger partial charge in [0, 0.05) is 44.4 Å². The first kappa shape index (κ1) is 15.5. The van der Waals surface area contributed by atoms with Gasteiger partial charge in [-0.2, -0.15) is 0 Å². The second-order valence-corrected chi connectivity index (χ2v) is 5.49. The molecule has 3 rings (SSSR count). The van der Waals surface area contributed by atoms with Gasteiger partial charge in [0.05, 0.1) is 17.8 Å². The van der Waals surface area contributed by atoms with Crippen molar-refractivity contribution in [2.24, 2.45) is 0 Å². The predicted octanol–water partition coefficient (Wildman–Crippen LogP) is 1.97. The zero-order chi connectivity index (χ0) is 16.2. The number of hydrogen-bond acceptors (Lipinski definition) is 6. The average molecular weight is 317 g/mol. The monoisotopic (exact) mass is 317 g/mol. The first-order chi connectivity index (χ1) is 11.2. The molecule has 0 spiro atoms. The van der Waals surface area contributed by atoms with E-state index in [1.807, 2.05) is 11.0 Å². The highest BCUT2D eigenvalue weighted by Gasteiger charge is 2.24. The second kappa shape index (κ2) is 6.80. The lowest BCUT2D eigenvalue weighted by Gasteiger charge is -2.35. The van der Waals surface area contributed by atoms with Crippen LogP contribution in [-0.4, -0.2) is 54.3 Å². The minimum atomic E-state index is -0.345. The normalized spacial score (nSPS) is 15.8. The minimum Gasteiger partial charge on any atom is -0.464 e. The van der Waals surface area contributed by atoms with E-state index in [1.165, 1.54) is 0 Å². The van der Waals surface area contributed by atoms with Crippen molar-refractivity contribution in [3.05, 3.63) is 46.7 Å². The number of furan rings is 1. The Hall–Kier alpha value is -2.38. The van der Waals surface area contributed by atoms with Gasteiger partial charge in [-0.1, -0.05) is 0 Å². The van der Waals surface area contributed by atoms with Crippen molar-refractivity contribution in [1.29, 1.82) is 0 Å². The summed E-state index contributed by atoms with van der Waals surface area (Å²) in [5, 5.41) is 20.4. The van der Waals surface area contributed by atoms with E-state index < -0.39 is 0 Å². The van der Waals surface area contributed by atoms with Gasteiger partial charge >= 0.3 is 0 Å². The molecule has 0 aliphatic carbocycles. The van der Waals surface area contributed by atoms with Crippen molar-refractivity contribution in [3.63, 3.8) is 0 Å². The van der Waals surface area contributed by atoms with Gasteiger partial charge < -0.3 is 14.4 Å². The van der Waals surface area contributed by atoms with E-state index in [4.69, 9.17) is 9.52 Å². The summed E-state index contributed by atoms with van der Waals surface area (Å²) in [6, 6.07) is 8.75. The van der Waals surface area contributed by atoms with Crippen molar-refractivity contribution in [2.75, 3.05) is 44.2 Å². The molecule has 1 aliphatic heterocycles. The molecule has 122 valence electrons. The number of nitro benzene ring substituents is 1. The standard InChI is InChI=1S/C16H19N3O4/c20-10-9-17-5-7-18(8-6-17)14-4-3-13(12-15(14)19(21)22)16-2-1-11-23-16/h1-4,11-12,20H,5-10H2. The van der Waals surface area contributed by atoms with Gasteiger partial charge in [-0.25, -0.2) is 0 Å². The smallest absolute Gasteiger partial charge is 0.293 e. The van der Waals surface area contributed by atoms with E-state index in [2.05, 4.69) is 4.90 Å². The highest BCUT2D eigenvalue weighted by Crippen LogP contribution is 2.33. The Kier molecular flexibility index (Phi) is 4.59. The van der Waals surface area contributed by atoms with E-state index in [1.54, 1.807) is 30.5 Å². The maximum absolute atomic E-state index is 11.5. The van der Waals surface area contributed by atoms with Crippen LogP contribution in [0.3, 0.4) is 0 Å². The van der Waals surface area contributed by atoms with Crippen molar-refractivity contribution >= 4 is 11.4 Å².